The van der Waals surface area contributed by atoms with Gasteiger partial charge < -0.3 is 20.1 Å². The second-order valence-corrected chi connectivity index (χ2v) is 6.18. The molecule has 0 aromatic rings. The lowest BCUT2D eigenvalue weighted by atomic mass is 9.96. The number of nitrogens with zero attached hydrogens (tertiary/aromatic N) is 1. The van der Waals surface area contributed by atoms with Gasteiger partial charge in [0.25, 0.3) is 0 Å². The molecule has 2 N–H and O–H groups in total. The minimum absolute atomic E-state index is 0.384. The Bertz CT molecular complexity index is 329. The van der Waals surface area contributed by atoms with Gasteiger partial charge in [-0.15, -0.1) is 0 Å². The average molecular weight is 284 g/mol. The minimum Gasteiger partial charge on any atom is -0.480 e. The SMILES string of the molecule is CCCNC1(C(=O)O)CCC(N2CCC(OC)CC2)C1. The Morgan fingerprint density at radius 3 is 2.65 bits per heavy atom. The number of piperidine rings is 1. The molecule has 1 aliphatic heterocycles. The van der Waals surface area contributed by atoms with Crippen molar-refractivity contribution in [3.05, 3.63) is 0 Å². The predicted molar refractivity (Wildman–Crippen MR) is 77.9 cm³/mol. The van der Waals surface area contributed by atoms with Crippen LogP contribution in [0.1, 0.15) is 45.4 Å². The van der Waals surface area contributed by atoms with E-state index in [1.165, 1.54) is 0 Å². The Hall–Kier alpha value is -0.650. The van der Waals surface area contributed by atoms with Crippen molar-refractivity contribution >= 4 is 5.97 Å². The molecule has 5 heteroatoms. The summed E-state index contributed by atoms with van der Waals surface area (Å²) in [5.74, 6) is -0.680. The summed E-state index contributed by atoms with van der Waals surface area (Å²) in [5, 5.41) is 12.9. The van der Waals surface area contributed by atoms with E-state index < -0.39 is 11.5 Å². The Labute approximate surface area is 121 Å². The zero-order valence-electron chi connectivity index (χ0n) is 12.7. The largest absolute Gasteiger partial charge is 0.480 e. The summed E-state index contributed by atoms with van der Waals surface area (Å²) in [7, 11) is 1.78. The minimum atomic E-state index is -0.696. The number of carbonyl (C=O) groups is 1. The van der Waals surface area contributed by atoms with E-state index in [9.17, 15) is 9.90 Å². The lowest BCUT2D eigenvalue weighted by Crippen LogP contribution is -2.52. The van der Waals surface area contributed by atoms with Crippen LogP contribution in [-0.4, -0.2) is 60.4 Å². The van der Waals surface area contributed by atoms with Crippen LogP contribution in [0.25, 0.3) is 0 Å². The molecule has 2 rings (SSSR count). The van der Waals surface area contributed by atoms with Gasteiger partial charge in [-0.05, 0) is 45.1 Å². The average Bonchev–Trinajstić information content (AvgIpc) is 2.91. The Morgan fingerprint density at radius 1 is 1.40 bits per heavy atom. The van der Waals surface area contributed by atoms with Crippen LogP contribution in [0, 0.1) is 0 Å². The molecule has 0 spiro atoms. The first-order valence-electron chi connectivity index (χ1n) is 7.86. The van der Waals surface area contributed by atoms with Gasteiger partial charge in [-0.1, -0.05) is 6.92 Å². The van der Waals surface area contributed by atoms with Crippen molar-refractivity contribution in [2.45, 2.75) is 63.1 Å². The van der Waals surface area contributed by atoms with E-state index in [-0.39, 0.29) is 0 Å². The molecule has 1 saturated carbocycles. The van der Waals surface area contributed by atoms with E-state index in [0.29, 0.717) is 12.1 Å². The van der Waals surface area contributed by atoms with E-state index in [4.69, 9.17) is 4.74 Å². The molecule has 20 heavy (non-hydrogen) atoms. The second kappa shape index (κ2) is 6.87. The number of ether oxygens (including phenoxy) is 1. The van der Waals surface area contributed by atoms with Gasteiger partial charge in [-0.2, -0.15) is 0 Å². The number of rotatable bonds is 6. The molecule has 1 saturated heterocycles. The maximum atomic E-state index is 11.7. The van der Waals surface area contributed by atoms with E-state index >= 15 is 0 Å². The van der Waals surface area contributed by atoms with E-state index in [1.54, 1.807) is 7.11 Å². The van der Waals surface area contributed by atoms with Gasteiger partial charge in [0.2, 0.25) is 0 Å². The van der Waals surface area contributed by atoms with Gasteiger partial charge >= 0.3 is 5.97 Å². The number of hydrogen-bond acceptors (Lipinski definition) is 4. The quantitative estimate of drug-likeness (QED) is 0.773. The zero-order chi connectivity index (χ0) is 14.6. The highest BCUT2D eigenvalue weighted by molar-refractivity contribution is 5.79. The Balaban J connectivity index is 1.91. The Kier molecular flexibility index (Phi) is 5.41. The van der Waals surface area contributed by atoms with Crippen molar-refractivity contribution in [3.8, 4) is 0 Å². The van der Waals surface area contributed by atoms with Crippen LogP contribution in [0.5, 0.6) is 0 Å². The summed E-state index contributed by atoms with van der Waals surface area (Å²) in [6.45, 7) is 4.93. The van der Waals surface area contributed by atoms with E-state index in [0.717, 1.165) is 58.2 Å². The summed E-state index contributed by atoms with van der Waals surface area (Å²) < 4.78 is 5.40. The third-order valence-corrected chi connectivity index (χ3v) is 4.94. The number of carboxylic acid groups (broad SMARTS) is 1. The standard InChI is InChI=1S/C15H28N2O3/c1-3-8-16-15(14(18)19)7-4-12(11-15)17-9-5-13(20-2)6-10-17/h12-13,16H,3-11H2,1-2H3,(H,18,19). The summed E-state index contributed by atoms with van der Waals surface area (Å²) in [6, 6.07) is 0.410. The summed E-state index contributed by atoms with van der Waals surface area (Å²) in [5.41, 5.74) is -0.696. The first-order valence-corrected chi connectivity index (χ1v) is 7.86. The Morgan fingerprint density at radius 2 is 2.10 bits per heavy atom. The maximum Gasteiger partial charge on any atom is 0.323 e. The fraction of sp³-hybridized carbons (Fsp3) is 0.933. The fourth-order valence-corrected chi connectivity index (χ4v) is 3.60. The topological polar surface area (TPSA) is 61.8 Å². The van der Waals surface area contributed by atoms with Crippen LogP contribution in [0.15, 0.2) is 0 Å². The van der Waals surface area contributed by atoms with Crippen molar-refractivity contribution in [3.63, 3.8) is 0 Å². The molecule has 0 bridgehead atoms. The first kappa shape index (κ1) is 15.7. The molecule has 2 aliphatic rings. The predicted octanol–water partition coefficient (Wildman–Crippen LogP) is 1.47. The lowest BCUT2D eigenvalue weighted by Gasteiger charge is -2.36. The maximum absolute atomic E-state index is 11.7. The molecule has 0 aromatic carbocycles. The smallest absolute Gasteiger partial charge is 0.323 e. The highest BCUT2D eigenvalue weighted by Gasteiger charge is 2.46. The van der Waals surface area contributed by atoms with Gasteiger partial charge in [-0.25, -0.2) is 0 Å². The number of nitrogens with one attached hydrogen (secondary N) is 1. The number of aliphatic carboxylic acids is 1. The molecule has 1 heterocycles. The molecule has 1 aliphatic carbocycles. The third-order valence-electron chi connectivity index (χ3n) is 4.94. The van der Waals surface area contributed by atoms with Gasteiger partial charge in [0.05, 0.1) is 6.10 Å². The molecular weight excluding hydrogens is 256 g/mol. The van der Waals surface area contributed by atoms with Gasteiger partial charge in [-0.3, -0.25) is 4.79 Å². The molecule has 0 aromatic heterocycles. The molecule has 116 valence electrons. The summed E-state index contributed by atoms with van der Waals surface area (Å²) >= 11 is 0. The number of carboxylic acids is 1. The van der Waals surface area contributed by atoms with Crippen LogP contribution < -0.4 is 5.32 Å². The number of hydrogen-bond donors (Lipinski definition) is 2. The molecule has 0 amide bonds. The van der Waals surface area contributed by atoms with Gasteiger partial charge in [0, 0.05) is 26.2 Å². The first-order chi connectivity index (χ1) is 9.61. The zero-order valence-corrected chi connectivity index (χ0v) is 12.7. The van der Waals surface area contributed by atoms with Crippen LogP contribution in [0.4, 0.5) is 0 Å². The monoisotopic (exact) mass is 284 g/mol. The third kappa shape index (κ3) is 3.32. The van der Waals surface area contributed by atoms with Crippen molar-refractivity contribution in [2.75, 3.05) is 26.7 Å². The van der Waals surface area contributed by atoms with Crippen molar-refractivity contribution in [1.29, 1.82) is 0 Å². The molecule has 2 atom stereocenters. The van der Waals surface area contributed by atoms with Crippen molar-refractivity contribution in [2.24, 2.45) is 0 Å². The van der Waals surface area contributed by atoms with Crippen LogP contribution in [0.3, 0.4) is 0 Å². The second-order valence-electron chi connectivity index (χ2n) is 6.18. The van der Waals surface area contributed by atoms with Crippen LogP contribution >= 0.6 is 0 Å². The summed E-state index contributed by atoms with van der Waals surface area (Å²) in [4.78, 5) is 14.1. The van der Waals surface area contributed by atoms with Crippen molar-refractivity contribution < 1.29 is 14.6 Å². The highest BCUT2D eigenvalue weighted by atomic mass is 16.5. The molecule has 0 radical (unpaired) electrons. The number of likely N-dealkylation sites (tertiary alicyclic amines) is 1. The summed E-state index contributed by atoms with van der Waals surface area (Å²) in [6.07, 6.45) is 5.96. The molecular formula is C15H28N2O3. The van der Waals surface area contributed by atoms with E-state index in [1.807, 2.05) is 0 Å². The molecule has 2 fully saturated rings. The normalized spacial score (nSPS) is 32.6. The highest BCUT2D eigenvalue weighted by Crippen LogP contribution is 2.34. The molecule has 5 nitrogen and oxygen atoms in total. The van der Waals surface area contributed by atoms with E-state index in [2.05, 4.69) is 17.1 Å². The van der Waals surface area contributed by atoms with Gasteiger partial charge in [0.15, 0.2) is 0 Å². The number of methoxy groups -OCH3 is 1. The van der Waals surface area contributed by atoms with Crippen molar-refractivity contribution in [1.82, 2.24) is 10.2 Å². The van der Waals surface area contributed by atoms with Crippen LogP contribution in [-0.2, 0) is 9.53 Å². The lowest BCUT2D eigenvalue weighted by molar-refractivity contribution is -0.144. The van der Waals surface area contributed by atoms with Gasteiger partial charge in [0.1, 0.15) is 5.54 Å². The molecule has 2 unspecified atom stereocenters. The fourth-order valence-electron chi connectivity index (χ4n) is 3.60. The van der Waals surface area contributed by atoms with Crippen LogP contribution in [0.2, 0.25) is 0 Å².